The number of nitrogens with one attached hydrogen (secondary N) is 1. The standard InChI is InChI=1S/C27H28N2O4/c1-32-24-17-9-8-15-22(24)19-33-27(31)29-18-10-16-23(29)26(30)28-25(20-11-4-2-5-12-20)21-13-6-3-7-14-21/h2-9,11-15,17,23,25H,10,16,18-19H2,1H3,(H,28,30)/t23-/m0/s1. The molecule has 1 aliphatic rings. The quantitative estimate of drug-likeness (QED) is 0.574. The molecule has 3 aromatic rings. The zero-order chi connectivity index (χ0) is 23.0. The first-order valence-electron chi connectivity index (χ1n) is 11.1. The van der Waals surface area contributed by atoms with E-state index >= 15 is 0 Å². The van der Waals surface area contributed by atoms with Gasteiger partial charge in [0, 0.05) is 12.1 Å². The second kappa shape index (κ2) is 10.7. The molecule has 1 saturated heterocycles. The summed E-state index contributed by atoms with van der Waals surface area (Å²) in [6.07, 6.45) is 0.865. The van der Waals surface area contributed by atoms with Crippen molar-refractivity contribution in [1.29, 1.82) is 0 Å². The first kappa shape index (κ1) is 22.4. The lowest BCUT2D eigenvalue weighted by Crippen LogP contribution is -2.47. The monoisotopic (exact) mass is 444 g/mol. The van der Waals surface area contributed by atoms with Crippen LogP contribution in [0, 0.1) is 0 Å². The van der Waals surface area contributed by atoms with Crippen molar-refractivity contribution < 1.29 is 19.1 Å². The molecule has 2 amide bonds. The van der Waals surface area contributed by atoms with Crippen LogP contribution in [0.1, 0.15) is 35.6 Å². The summed E-state index contributed by atoms with van der Waals surface area (Å²) in [6, 6.07) is 26.2. The van der Waals surface area contributed by atoms with E-state index in [2.05, 4.69) is 5.32 Å². The predicted octanol–water partition coefficient (Wildman–Crippen LogP) is 4.70. The van der Waals surface area contributed by atoms with Crippen LogP contribution in [0.5, 0.6) is 5.75 Å². The van der Waals surface area contributed by atoms with Gasteiger partial charge >= 0.3 is 6.09 Å². The number of para-hydroxylation sites is 1. The van der Waals surface area contributed by atoms with Crippen molar-refractivity contribution in [1.82, 2.24) is 10.2 Å². The van der Waals surface area contributed by atoms with Crippen molar-refractivity contribution in [3.05, 3.63) is 102 Å². The number of amides is 2. The summed E-state index contributed by atoms with van der Waals surface area (Å²) in [7, 11) is 1.58. The molecule has 0 aromatic heterocycles. The minimum atomic E-state index is -0.565. The molecule has 6 heteroatoms. The van der Waals surface area contributed by atoms with Gasteiger partial charge in [-0.05, 0) is 30.0 Å². The number of nitrogens with zero attached hydrogens (tertiary/aromatic N) is 1. The molecule has 6 nitrogen and oxygen atoms in total. The summed E-state index contributed by atoms with van der Waals surface area (Å²) >= 11 is 0. The van der Waals surface area contributed by atoms with Crippen molar-refractivity contribution in [3.8, 4) is 5.75 Å². The number of carbonyl (C=O) groups excluding carboxylic acids is 2. The molecule has 0 spiro atoms. The molecule has 0 unspecified atom stereocenters. The van der Waals surface area contributed by atoms with Gasteiger partial charge in [-0.2, -0.15) is 0 Å². The number of ether oxygens (including phenoxy) is 2. The minimum absolute atomic E-state index is 0.0876. The topological polar surface area (TPSA) is 67.9 Å². The summed E-state index contributed by atoms with van der Waals surface area (Å²) in [5.74, 6) is 0.481. The Morgan fingerprint density at radius 1 is 0.939 bits per heavy atom. The van der Waals surface area contributed by atoms with Crippen LogP contribution in [0.3, 0.4) is 0 Å². The van der Waals surface area contributed by atoms with Crippen LogP contribution in [-0.2, 0) is 16.1 Å². The van der Waals surface area contributed by atoms with E-state index in [0.29, 0.717) is 18.7 Å². The Balaban J connectivity index is 1.45. The molecule has 1 atom stereocenters. The second-order valence-electron chi connectivity index (χ2n) is 7.98. The Morgan fingerprint density at radius 2 is 1.55 bits per heavy atom. The minimum Gasteiger partial charge on any atom is -0.496 e. The van der Waals surface area contributed by atoms with Crippen molar-refractivity contribution in [2.24, 2.45) is 0 Å². The maximum Gasteiger partial charge on any atom is 0.410 e. The van der Waals surface area contributed by atoms with Gasteiger partial charge in [-0.3, -0.25) is 9.69 Å². The van der Waals surface area contributed by atoms with Gasteiger partial charge < -0.3 is 14.8 Å². The Labute approximate surface area is 194 Å². The zero-order valence-electron chi connectivity index (χ0n) is 18.6. The van der Waals surface area contributed by atoms with Gasteiger partial charge in [0.15, 0.2) is 0 Å². The number of hydrogen-bond acceptors (Lipinski definition) is 4. The highest BCUT2D eigenvalue weighted by Gasteiger charge is 2.36. The van der Waals surface area contributed by atoms with E-state index in [1.54, 1.807) is 7.11 Å². The highest BCUT2D eigenvalue weighted by molar-refractivity contribution is 5.86. The summed E-state index contributed by atoms with van der Waals surface area (Å²) in [5, 5.41) is 3.16. The van der Waals surface area contributed by atoms with Crippen molar-refractivity contribution in [2.45, 2.75) is 31.5 Å². The lowest BCUT2D eigenvalue weighted by molar-refractivity contribution is -0.125. The van der Waals surface area contributed by atoms with Crippen LogP contribution in [0.15, 0.2) is 84.9 Å². The molecule has 3 aromatic carbocycles. The average Bonchev–Trinajstić information content (AvgIpc) is 3.37. The second-order valence-corrected chi connectivity index (χ2v) is 7.98. The van der Waals surface area contributed by atoms with Crippen LogP contribution >= 0.6 is 0 Å². The van der Waals surface area contributed by atoms with E-state index in [4.69, 9.17) is 9.47 Å². The number of carbonyl (C=O) groups is 2. The van der Waals surface area contributed by atoms with E-state index in [1.165, 1.54) is 4.90 Å². The van der Waals surface area contributed by atoms with Gasteiger partial charge in [0.2, 0.25) is 5.91 Å². The van der Waals surface area contributed by atoms with Crippen LogP contribution in [-0.4, -0.2) is 36.6 Å². The van der Waals surface area contributed by atoms with Crippen LogP contribution in [0.25, 0.3) is 0 Å². The van der Waals surface area contributed by atoms with Crippen LogP contribution < -0.4 is 10.1 Å². The molecule has 1 aliphatic heterocycles. The molecule has 0 radical (unpaired) electrons. The molecule has 33 heavy (non-hydrogen) atoms. The van der Waals surface area contributed by atoms with Gasteiger partial charge in [-0.1, -0.05) is 78.9 Å². The highest BCUT2D eigenvalue weighted by atomic mass is 16.6. The SMILES string of the molecule is COc1ccccc1COC(=O)N1CCC[C@H]1C(=O)NC(c1ccccc1)c1ccccc1. The zero-order valence-corrected chi connectivity index (χ0v) is 18.6. The fourth-order valence-electron chi connectivity index (χ4n) is 4.19. The van der Waals surface area contributed by atoms with Crippen molar-refractivity contribution in [3.63, 3.8) is 0 Å². The lowest BCUT2D eigenvalue weighted by Gasteiger charge is -2.26. The van der Waals surface area contributed by atoms with Gasteiger partial charge in [-0.25, -0.2) is 4.79 Å². The third-order valence-electron chi connectivity index (χ3n) is 5.89. The van der Waals surface area contributed by atoms with Crippen LogP contribution in [0.4, 0.5) is 4.79 Å². The first-order chi connectivity index (χ1) is 16.2. The summed E-state index contributed by atoms with van der Waals surface area (Å²) in [6.45, 7) is 0.578. The van der Waals surface area contributed by atoms with Gasteiger partial charge in [0.1, 0.15) is 18.4 Å². The van der Waals surface area contributed by atoms with E-state index in [-0.39, 0.29) is 18.6 Å². The largest absolute Gasteiger partial charge is 0.496 e. The Bertz CT molecular complexity index is 1030. The number of hydrogen-bond donors (Lipinski definition) is 1. The average molecular weight is 445 g/mol. The van der Waals surface area contributed by atoms with Crippen molar-refractivity contribution >= 4 is 12.0 Å². The molecule has 1 fully saturated rings. The third-order valence-corrected chi connectivity index (χ3v) is 5.89. The Hall–Kier alpha value is -3.80. The molecule has 0 saturated carbocycles. The fraction of sp³-hybridized carbons (Fsp3) is 0.259. The fourth-order valence-corrected chi connectivity index (χ4v) is 4.19. The maximum atomic E-state index is 13.3. The van der Waals surface area contributed by atoms with Crippen LogP contribution in [0.2, 0.25) is 0 Å². The molecule has 0 bridgehead atoms. The predicted molar refractivity (Wildman–Crippen MR) is 126 cm³/mol. The van der Waals surface area contributed by atoms with E-state index in [1.807, 2.05) is 84.9 Å². The highest BCUT2D eigenvalue weighted by Crippen LogP contribution is 2.25. The third kappa shape index (κ3) is 5.34. The molecular formula is C27H28N2O4. The molecular weight excluding hydrogens is 416 g/mol. The number of benzene rings is 3. The number of methoxy groups -OCH3 is 1. The van der Waals surface area contributed by atoms with E-state index in [0.717, 1.165) is 23.1 Å². The Kier molecular flexibility index (Phi) is 7.25. The van der Waals surface area contributed by atoms with Gasteiger partial charge in [0.25, 0.3) is 0 Å². The first-order valence-corrected chi connectivity index (χ1v) is 11.1. The molecule has 1 heterocycles. The van der Waals surface area contributed by atoms with Crippen molar-refractivity contribution in [2.75, 3.05) is 13.7 Å². The van der Waals surface area contributed by atoms with Gasteiger partial charge in [0.05, 0.1) is 13.2 Å². The summed E-state index contributed by atoms with van der Waals surface area (Å²) < 4.78 is 10.9. The number of likely N-dealkylation sites (tertiary alicyclic amines) is 1. The summed E-state index contributed by atoms with van der Waals surface area (Å²) in [5.41, 5.74) is 2.75. The molecule has 1 N–H and O–H groups in total. The smallest absolute Gasteiger partial charge is 0.410 e. The normalized spacial score (nSPS) is 15.3. The Morgan fingerprint density at radius 3 is 2.18 bits per heavy atom. The van der Waals surface area contributed by atoms with E-state index < -0.39 is 12.1 Å². The molecule has 4 rings (SSSR count). The number of rotatable bonds is 7. The van der Waals surface area contributed by atoms with E-state index in [9.17, 15) is 9.59 Å². The lowest BCUT2D eigenvalue weighted by atomic mass is 9.98. The molecule has 0 aliphatic carbocycles. The maximum absolute atomic E-state index is 13.3. The molecule has 170 valence electrons. The van der Waals surface area contributed by atoms with Gasteiger partial charge in [-0.15, -0.1) is 0 Å². The summed E-state index contributed by atoms with van der Waals surface area (Å²) in [4.78, 5) is 27.7.